The summed E-state index contributed by atoms with van der Waals surface area (Å²) >= 11 is 2.88. The molecule has 0 aliphatic heterocycles. The Bertz CT molecular complexity index is 592. The van der Waals surface area contributed by atoms with Gasteiger partial charge in [0.1, 0.15) is 10.7 Å². The van der Waals surface area contributed by atoms with Gasteiger partial charge in [0, 0.05) is 24.9 Å². The van der Waals surface area contributed by atoms with Crippen LogP contribution in [0, 0.1) is 6.92 Å². The largest absolute Gasteiger partial charge is 0.382 e. The lowest BCUT2D eigenvalue weighted by atomic mass is 10.3. The number of carbonyl (C=O) groups is 1. The van der Waals surface area contributed by atoms with Crippen LogP contribution in [-0.2, 0) is 6.42 Å². The highest BCUT2D eigenvalue weighted by molar-refractivity contribution is 7.18. The predicted molar refractivity (Wildman–Crippen MR) is 83.6 cm³/mol. The van der Waals surface area contributed by atoms with Crippen molar-refractivity contribution >= 4 is 39.5 Å². The molecule has 0 fully saturated rings. The van der Waals surface area contributed by atoms with E-state index < -0.39 is 0 Å². The molecule has 0 aromatic carbocycles. The predicted octanol–water partition coefficient (Wildman–Crippen LogP) is 1.89. The summed E-state index contributed by atoms with van der Waals surface area (Å²) in [4.78, 5) is 20.9. The van der Waals surface area contributed by atoms with E-state index in [1.807, 2.05) is 19.2 Å². The highest BCUT2D eigenvalue weighted by Crippen LogP contribution is 2.24. The van der Waals surface area contributed by atoms with E-state index in [9.17, 15) is 4.79 Å². The molecule has 0 aliphatic rings. The van der Waals surface area contributed by atoms with E-state index in [1.165, 1.54) is 11.3 Å². The molecule has 2 aromatic heterocycles. The number of nitrogen functional groups attached to an aromatic ring is 1. The van der Waals surface area contributed by atoms with Crippen LogP contribution in [0.3, 0.4) is 0 Å². The van der Waals surface area contributed by atoms with E-state index >= 15 is 0 Å². The monoisotopic (exact) mass is 311 g/mol. The van der Waals surface area contributed by atoms with Gasteiger partial charge in [-0.2, -0.15) is 0 Å². The second-order valence-corrected chi connectivity index (χ2v) is 6.19. The van der Waals surface area contributed by atoms with E-state index in [4.69, 9.17) is 5.73 Å². The van der Waals surface area contributed by atoms with Crippen molar-refractivity contribution < 1.29 is 4.79 Å². The number of rotatable bonds is 6. The summed E-state index contributed by atoms with van der Waals surface area (Å²) in [7, 11) is 0. The molecule has 2 rings (SSSR count). The van der Waals surface area contributed by atoms with Gasteiger partial charge in [0.25, 0.3) is 5.91 Å². The topological polar surface area (TPSA) is 92.9 Å². The molecule has 6 nitrogen and oxygen atoms in total. The van der Waals surface area contributed by atoms with Crippen molar-refractivity contribution in [2.24, 2.45) is 0 Å². The summed E-state index contributed by atoms with van der Waals surface area (Å²) in [6.07, 6.45) is 0.717. The molecule has 0 atom stereocenters. The number of aryl methyl sites for hydroxylation is 1. The van der Waals surface area contributed by atoms with Crippen molar-refractivity contribution in [1.82, 2.24) is 15.3 Å². The van der Waals surface area contributed by atoms with Gasteiger partial charge >= 0.3 is 0 Å². The minimum atomic E-state index is -0.184. The maximum absolute atomic E-state index is 12.0. The van der Waals surface area contributed by atoms with Crippen molar-refractivity contribution in [2.75, 3.05) is 24.1 Å². The van der Waals surface area contributed by atoms with Gasteiger partial charge in [0.15, 0.2) is 5.13 Å². The highest BCUT2D eigenvalue weighted by atomic mass is 32.1. The molecule has 2 heterocycles. The number of amides is 1. The number of aromatic nitrogens is 2. The molecule has 8 heteroatoms. The fraction of sp³-hybridized carbons (Fsp3) is 0.417. The van der Waals surface area contributed by atoms with Gasteiger partial charge in [0.2, 0.25) is 0 Å². The number of thiazole rings is 2. The Morgan fingerprint density at radius 2 is 2.25 bits per heavy atom. The molecule has 4 N–H and O–H groups in total. The first kappa shape index (κ1) is 14.7. The molecule has 0 radical (unpaired) electrons. The second-order valence-electron chi connectivity index (χ2n) is 4.13. The molecular formula is C12H17N5OS2. The average molecular weight is 311 g/mol. The first-order valence-corrected chi connectivity index (χ1v) is 7.99. The number of nitrogens with two attached hydrogens (primary N) is 1. The number of hydrogen-bond acceptors (Lipinski definition) is 7. The first-order chi connectivity index (χ1) is 9.60. The quantitative estimate of drug-likeness (QED) is 0.757. The van der Waals surface area contributed by atoms with Crippen LogP contribution in [-0.4, -0.2) is 29.0 Å². The Hall–Kier alpha value is -1.67. The molecular weight excluding hydrogens is 294 g/mol. The molecule has 2 aromatic rings. The summed E-state index contributed by atoms with van der Waals surface area (Å²) in [5.41, 5.74) is 6.75. The standard InChI is InChI=1S/C12H17N5OS2/c1-3-14-12-17-10(13)9(20-12)11(18)15-5-4-8-6-19-7(2)16-8/h6H,3-5,13H2,1-2H3,(H,14,17)(H,15,18). The van der Waals surface area contributed by atoms with Crippen molar-refractivity contribution in [2.45, 2.75) is 20.3 Å². The number of hydrogen-bond donors (Lipinski definition) is 3. The number of nitrogens with zero attached hydrogens (tertiary/aromatic N) is 2. The van der Waals surface area contributed by atoms with Crippen molar-refractivity contribution in [3.63, 3.8) is 0 Å². The zero-order chi connectivity index (χ0) is 14.5. The van der Waals surface area contributed by atoms with Crippen LogP contribution < -0.4 is 16.4 Å². The van der Waals surface area contributed by atoms with Gasteiger partial charge in [-0.1, -0.05) is 11.3 Å². The Labute approximate surface area is 125 Å². The smallest absolute Gasteiger partial charge is 0.265 e. The molecule has 0 aliphatic carbocycles. The molecule has 20 heavy (non-hydrogen) atoms. The van der Waals surface area contributed by atoms with Gasteiger partial charge in [-0.25, -0.2) is 9.97 Å². The average Bonchev–Trinajstić information content (AvgIpc) is 2.96. The molecule has 0 spiro atoms. The normalized spacial score (nSPS) is 10.5. The Morgan fingerprint density at radius 3 is 2.90 bits per heavy atom. The SMILES string of the molecule is CCNc1nc(N)c(C(=O)NCCc2csc(C)n2)s1. The fourth-order valence-electron chi connectivity index (χ4n) is 1.63. The summed E-state index contributed by atoms with van der Waals surface area (Å²) < 4.78 is 0. The second kappa shape index (κ2) is 6.67. The fourth-order valence-corrected chi connectivity index (χ4v) is 3.14. The lowest BCUT2D eigenvalue weighted by molar-refractivity contribution is 0.0959. The van der Waals surface area contributed by atoms with E-state index in [0.29, 0.717) is 16.6 Å². The third-order valence-corrected chi connectivity index (χ3v) is 4.37. The summed E-state index contributed by atoms with van der Waals surface area (Å²) in [5.74, 6) is 0.0871. The Kier molecular flexibility index (Phi) is 4.91. The molecule has 108 valence electrons. The molecule has 0 unspecified atom stereocenters. The maximum Gasteiger partial charge on any atom is 0.265 e. The maximum atomic E-state index is 12.0. The van der Waals surface area contributed by atoms with Crippen LogP contribution in [0.2, 0.25) is 0 Å². The summed E-state index contributed by atoms with van der Waals surface area (Å²) in [5, 5.41) is 9.60. The van der Waals surface area contributed by atoms with Crippen LogP contribution in [0.15, 0.2) is 5.38 Å². The minimum Gasteiger partial charge on any atom is -0.382 e. The lowest BCUT2D eigenvalue weighted by Gasteiger charge is -2.02. The van der Waals surface area contributed by atoms with Gasteiger partial charge in [-0.15, -0.1) is 11.3 Å². The van der Waals surface area contributed by atoms with Crippen molar-refractivity contribution in [1.29, 1.82) is 0 Å². The molecule has 1 amide bonds. The van der Waals surface area contributed by atoms with E-state index in [2.05, 4.69) is 20.6 Å². The third kappa shape index (κ3) is 3.67. The first-order valence-electron chi connectivity index (χ1n) is 6.29. The van der Waals surface area contributed by atoms with Gasteiger partial charge in [0.05, 0.1) is 10.7 Å². The third-order valence-electron chi connectivity index (χ3n) is 2.52. The van der Waals surface area contributed by atoms with Gasteiger partial charge in [-0.05, 0) is 13.8 Å². The highest BCUT2D eigenvalue weighted by Gasteiger charge is 2.15. The van der Waals surface area contributed by atoms with E-state index in [-0.39, 0.29) is 11.7 Å². The van der Waals surface area contributed by atoms with Crippen molar-refractivity contribution in [3.8, 4) is 0 Å². The Balaban J connectivity index is 1.88. The zero-order valence-electron chi connectivity index (χ0n) is 11.4. The van der Waals surface area contributed by atoms with Gasteiger partial charge < -0.3 is 16.4 Å². The molecule has 0 saturated heterocycles. The number of nitrogens with one attached hydrogen (secondary N) is 2. The lowest BCUT2D eigenvalue weighted by Crippen LogP contribution is -2.25. The van der Waals surface area contributed by atoms with Crippen molar-refractivity contribution in [3.05, 3.63) is 21.0 Å². The minimum absolute atomic E-state index is 0.184. The van der Waals surface area contributed by atoms with Crippen LogP contribution in [0.25, 0.3) is 0 Å². The van der Waals surface area contributed by atoms with Gasteiger partial charge in [-0.3, -0.25) is 4.79 Å². The summed E-state index contributed by atoms with van der Waals surface area (Å²) in [6, 6.07) is 0. The van der Waals surface area contributed by atoms with Crippen LogP contribution >= 0.6 is 22.7 Å². The van der Waals surface area contributed by atoms with E-state index in [0.717, 1.165) is 23.7 Å². The van der Waals surface area contributed by atoms with Crippen LogP contribution in [0.5, 0.6) is 0 Å². The number of anilines is 2. The summed E-state index contributed by atoms with van der Waals surface area (Å²) in [6.45, 7) is 5.22. The number of carbonyl (C=O) groups excluding carboxylic acids is 1. The molecule has 0 bridgehead atoms. The molecule has 0 saturated carbocycles. The zero-order valence-corrected chi connectivity index (χ0v) is 13.0. The van der Waals surface area contributed by atoms with Crippen LogP contribution in [0.1, 0.15) is 27.3 Å². The van der Waals surface area contributed by atoms with Crippen LogP contribution in [0.4, 0.5) is 10.9 Å². The van der Waals surface area contributed by atoms with E-state index in [1.54, 1.807) is 11.3 Å². The Morgan fingerprint density at radius 1 is 1.45 bits per heavy atom.